The molecule has 1 heterocycles. The van der Waals surface area contributed by atoms with Gasteiger partial charge in [-0.2, -0.15) is 0 Å². The molecule has 0 bridgehead atoms. The second-order valence-corrected chi connectivity index (χ2v) is 4.93. The number of hydrogen-bond acceptors (Lipinski definition) is 1. The first-order chi connectivity index (χ1) is 8.93. The van der Waals surface area contributed by atoms with Crippen molar-refractivity contribution in [2.45, 2.75) is 18.8 Å². The van der Waals surface area contributed by atoms with Gasteiger partial charge in [-0.15, -0.1) is 0 Å². The molecule has 18 heavy (non-hydrogen) atoms. The molecule has 1 aliphatic rings. The van der Waals surface area contributed by atoms with Crippen LogP contribution in [0.15, 0.2) is 54.6 Å². The summed E-state index contributed by atoms with van der Waals surface area (Å²) in [6.45, 7) is 2.31. The quantitative estimate of drug-likeness (QED) is 0.765. The normalized spacial score (nSPS) is 16.8. The molecule has 1 aliphatic heterocycles. The van der Waals surface area contributed by atoms with Crippen LogP contribution in [-0.4, -0.2) is 13.1 Å². The lowest BCUT2D eigenvalue weighted by atomic mass is 9.89. The highest BCUT2D eigenvalue weighted by atomic mass is 15.1. The molecule has 2 aromatic rings. The molecule has 0 saturated carbocycles. The van der Waals surface area contributed by atoms with Gasteiger partial charge in [0.15, 0.2) is 0 Å². The van der Waals surface area contributed by atoms with Crippen LogP contribution >= 0.6 is 0 Å². The fourth-order valence-electron chi connectivity index (χ4n) is 2.79. The molecule has 0 aromatic heterocycles. The summed E-state index contributed by atoms with van der Waals surface area (Å²) in [5, 5.41) is 0. The molecule has 0 atom stereocenters. The SMILES string of the molecule is [c]1ccc(N2CCC(c3ccccc3)CC2)cc1. The fourth-order valence-corrected chi connectivity index (χ4v) is 2.79. The molecule has 0 amide bonds. The molecule has 91 valence electrons. The number of piperidine rings is 1. The lowest BCUT2D eigenvalue weighted by molar-refractivity contribution is 0.505. The molecular weight excluding hydrogens is 218 g/mol. The van der Waals surface area contributed by atoms with Gasteiger partial charge in [-0.3, -0.25) is 0 Å². The summed E-state index contributed by atoms with van der Waals surface area (Å²) in [6, 6.07) is 22.3. The second kappa shape index (κ2) is 5.26. The maximum Gasteiger partial charge on any atom is 0.0366 e. The van der Waals surface area contributed by atoms with Gasteiger partial charge in [0, 0.05) is 18.8 Å². The van der Waals surface area contributed by atoms with Crippen LogP contribution in [0, 0.1) is 6.07 Å². The molecule has 1 saturated heterocycles. The van der Waals surface area contributed by atoms with Gasteiger partial charge < -0.3 is 4.90 Å². The summed E-state index contributed by atoms with van der Waals surface area (Å²) in [5.74, 6) is 0.734. The van der Waals surface area contributed by atoms with Crippen LogP contribution in [0.5, 0.6) is 0 Å². The molecule has 0 N–H and O–H groups in total. The van der Waals surface area contributed by atoms with E-state index in [1.165, 1.54) is 24.1 Å². The van der Waals surface area contributed by atoms with Crippen molar-refractivity contribution in [1.29, 1.82) is 0 Å². The van der Waals surface area contributed by atoms with Crippen molar-refractivity contribution < 1.29 is 0 Å². The van der Waals surface area contributed by atoms with E-state index in [1.807, 2.05) is 12.1 Å². The molecule has 0 unspecified atom stereocenters. The maximum atomic E-state index is 3.08. The Labute approximate surface area is 109 Å². The lowest BCUT2D eigenvalue weighted by Gasteiger charge is -2.33. The Hall–Kier alpha value is -1.76. The highest BCUT2D eigenvalue weighted by Gasteiger charge is 2.20. The van der Waals surface area contributed by atoms with E-state index in [2.05, 4.69) is 53.4 Å². The lowest BCUT2D eigenvalue weighted by Crippen LogP contribution is -2.32. The third kappa shape index (κ3) is 2.40. The summed E-state index contributed by atoms with van der Waals surface area (Å²) < 4.78 is 0. The average molecular weight is 236 g/mol. The van der Waals surface area contributed by atoms with E-state index in [0.29, 0.717) is 0 Å². The number of rotatable bonds is 2. The molecular formula is C17H18N. The highest BCUT2D eigenvalue weighted by molar-refractivity contribution is 5.46. The Balaban J connectivity index is 1.65. The first-order valence-electron chi connectivity index (χ1n) is 6.69. The molecule has 1 nitrogen and oxygen atoms in total. The van der Waals surface area contributed by atoms with Crippen LogP contribution in [-0.2, 0) is 0 Å². The van der Waals surface area contributed by atoms with Gasteiger partial charge in [0.05, 0.1) is 0 Å². The zero-order valence-electron chi connectivity index (χ0n) is 10.5. The third-order valence-corrected chi connectivity index (χ3v) is 3.83. The van der Waals surface area contributed by atoms with E-state index in [4.69, 9.17) is 0 Å². The van der Waals surface area contributed by atoms with Crippen molar-refractivity contribution >= 4 is 5.69 Å². The second-order valence-electron chi connectivity index (χ2n) is 4.93. The molecule has 2 aromatic carbocycles. The monoisotopic (exact) mass is 236 g/mol. The van der Waals surface area contributed by atoms with Crippen molar-refractivity contribution in [3.63, 3.8) is 0 Å². The molecule has 1 heteroatoms. The van der Waals surface area contributed by atoms with Crippen LogP contribution in [0.25, 0.3) is 0 Å². The first kappa shape index (κ1) is 11.3. The largest absolute Gasteiger partial charge is 0.371 e. The van der Waals surface area contributed by atoms with Gasteiger partial charge in [0.2, 0.25) is 0 Å². The number of anilines is 1. The standard InChI is InChI=1S/C17H18N/c1-3-7-15(8-4-1)16-11-13-18(14-12-16)17-9-5-2-6-10-17/h1,3-10,16H,11-14H2. The van der Waals surface area contributed by atoms with Crippen LogP contribution in [0.3, 0.4) is 0 Å². The van der Waals surface area contributed by atoms with Gasteiger partial charge in [0.25, 0.3) is 0 Å². The van der Waals surface area contributed by atoms with Crippen LogP contribution in [0.4, 0.5) is 5.69 Å². The van der Waals surface area contributed by atoms with E-state index in [1.54, 1.807) is 0 Å². The van der Waals surface area contributed by atoms with Gasteiger partial charge >= 0.3 is 0 Å². The van der Waals surface area contributed by atoms with Gasteiger partial charge in [-0.05, 0) is 42.5 Å². The Morgan fingerprint density at radius 2 is 1.56 bits per heavy atom. The Morgan fingerprint density at radius 1 is 0.889 bits per heavy atom. The van der Waals surface area contributed by atoms with Gasteiger partial charge in [0.1, 0.15) is 0 Å². The fraction of sp³-hybridized carbons (Fsp3) is 0.294. The minimum atomic E-state index is 0.734. The summed E-state index contributed by atoms with van der Waals surface area (Å²) in [6.07, 6.45) is 2.51. The van der Waals surface area contributed by atoms with Crippen molar-refractivity contribution in [2.75, 3.05) is 18.0 Å². The Bertz CT molecular complexity index is 422. The highest BCUT2D eigenvalue weighted by Crippen LogP contribution is 2.29. The van der Waals surface area contributed by atoms with E-state index in [0.717, 1.165) is 19.0 Å². The molecule has 1 radical (unpaired) electrons. The summed E-state index contributed by atoms with van der Waals surface area (Å²) in [4.78, 5) is 2.48. The average Bonchev–Trinajstić information content (AvgIpc) is 2.49. The number of nitrogens with zero attached hydrogens (tertiary/aromatic N) is 1. The van der Waals surface area contributed by atoms with E-state index in [-0.39, 0.29) is 0 Å². The molecule has 3 rings (SSSR count). The van der Waals surface area contributed by atoms with E-state index < -0.39 is 0 Å². The van der Waals surface area contributed by atoms with E-state index in [9.17, 15) is 0 Å². The molecule has 1 fully saturated rings. The number of hydrogen-bond donors (Lipinski definition) is 0. The molecule has 0 aliphatic carbocycles. The first-order valence-corrected chi connectivity index (χ1v) is 6.69. The van der Waals surface area contributed by atoms with Crippen LogP contribution in [0.2, 0.25) is 0 Å². The van der Waals surface area contributed by atoms with Crippen molar-refractivity contribution in [2.24, 2.45) is 0 Å². The Kier molecular flexibility index (Phi) is 3.31. The topological polar surface area (TPSA) is 3.24 Å². The van der Waals surface area contributed by atoms with Crippen molar-refractivity contribution in [3.8, 4) is 0 Å². The van der Waals surface area contributed by atoms with Crippen LogP contribution in [0.1, 0.15) is 24.3 Å². The summed E-state index contributed by atoms with van der Waals surface area (Å²) in [7, 11) is 0. The smallest absolute Gasteiger partial charge is 0.0366 e. The zero-order valence-corrected chi connectivity index (χ0v) is 10.5. The van der Waals surface area contributed by atoms with Gasteiger partial charge in [-0.25, -0.2) is 0 Å². The maximum absolute atomic E-state index is 3.08. The predicted molar refractivity (Wildman–Crippen MR) is 75.9 cm³/mol. The van der Waals surface area contributed by atoms with Crippen molar-refractivity contribution in [3.05, 3.63) is 66.2 Å². The predicted octanol–water partition coefficient (Wildman–Crippen LogP) is 3.87. The third-order valence-electron chi connectivity index (χ3n) is 3.83. The Morgan fingerprint density at radius 3 is 2.22 bits per heavy atom. The summed E-state index contributed by atoms with van der Waals surface area (Å²) in [5.41, 5.74) is 2.83. The summed E-state index contributed by atoms with van der Waals surface area (Å²) >= 11 is 0. The molecule has 0 spiro atoms. The van der Waals surface area contributed by atoms with E-state index >= 15 is 0 Å². The zero-order chi connectivity index (χ0) is 12.2. The number of benzene rings is 2. The van der Waals surface area contributed by atoms with Crippen LogP contribution < -0.4 is 4.90 Å². The van der Waals surface area contributed by atoms with Crippen molar-refractivity contribution in [1.82, 2.24) is 0 Å². The minimum Gasteiger partial charge on any atom is -0.371 e. The minimum absolute atomic E-state index is 0.734. The van der Waals surface area contributed by atoms with Gasteiger partial charge in [-0.1, -0.05) is 42.5 Å².